The average Bonchev–Trinajstić information content (AvgIpc) is 2.53. The van der Waals surface area contributed by atoms with Crippen molar-refractivity contribution in [3.63, 3.8) is 0 Å². The molecular weight excluding hydrogens is 162 g/mol. The van der Waals surface area contributed by atoms with Crippen molar-refractivity contribution in [2.75, 3.05) is 0 Å². The van der Waals surface area contributed by atoms with Crippen molar-refractivity contribution in [2.24, 2.45) is 0 Å². The molecule has 0 aliphatic heterocycles. The van der Waals surface area contributed by atoms with Crippen LogP contribution in [0, 0.1) is 13.8 Å². The van der Waals surface area contributed by atoms with Crippen LogP contribution < -0.4 is 0 Å². The lowest BCUT2D eigenvalue weighted by atomic mass is 10.4. The normalized spacial score (nSPS) is 10.3. The smallest absolute Gasteiger partial charge is 0.233 e. The highest BCUT2D eigenvalue weighted by atomic mass is 15.1. The summed E-state index contributed by atoms with van der Waals surface area (Å²) in [6, 6.07) is 2.03. The Morgan fingerprint density at radius 3 is 2.31 bits per heavy atom. The second-order valence-corrected chi connectivity index (χ2v) is 3.16. The number of aromatic nitrogens is 3. The van der Waals surface area contributed by atoms with Crippen molar-refractivity contribution in [1.29, 1.82) is 0 Å². The van der Waals surface area contributed by atoms with Crippen LogP contribution in [0.3, 0.4) is 0 Å². The highest BCUT2D eigenvalue weighted by Gasteiger charge is 1.97. The van der Waals surface area contributed by atoms with Crippen LogP contribution in [0.4, 0.5) is 0 Å². The molecule has 0 unspecified atom stereocenters. The van der Waals surface area contributed by atoms with Gasteiger partial charge in [-0.05, 0) is 31.0 Å². The zero-order valence-corrected chi connectivity index (χ0v) is 7.73. The fourth-order valence-electron chi connectivity index (χ4n) is 1.15. The third-order valence-corrected chi connectivity index (χ3v) is 1.84. The summed E-state index contributed by atoms with van der Waals surface area (Å²) in [4.78, 5) is 8.43. The molecule has 0 bridgehead atoms. The van der Waals surface area contributed by atoms with Gasteiger partial charge in [-0.3, -0.25) is 4.57 Å². The van der Waals surface area contributed by atoms with E-state index in [1.165, 1.54) is 5.56 Å². The third-order valence-electron chi connectivity index (χ3n) is 1.84. The van der Waals surface area contributed by atoms with E-state index in [1.807, 2.05) is 49.3 Å². The minimum absolute atomic E-state index is 0.721. The van der Waals surface area contributed by atoms with Crippen LogP contribution >= 0.6 is 0 Å². The van der Waals surface area contributed by atoms with E-state index in [0.717, 1.165) is 11.5 Å². The van der Waals surface area contributed by atoms with Gasteiger partial charge in [-0.25, -0.2) is 9.97 Å². The van der Waals surface area contributed by atoms with Crippen molar-refractivity contribution in [3.05, 3.63) is 42.0 Å². The second-order valence-electron chi connectivity index (χ2n) is 3.16. The first kappa shape index (κ1) is 7.98. The highest BCUT2D eigenvalue weighted by Crippen LogP contribution is 2.04. The molecule has 0 amide bonds. The monoisotopic (exact) mass is 173 g/mol. The van der Waals surface area contributed by atoms with Gasteiger partial charge in [0.25, 0.3) is 0 Å². The summed E-state index contributed by atoms with van der Waals surface area (Å²) in [5.41, 5.74) is 2.29. The molecule has 0 aliphatic carbocycles. The van der Waals surface area contributed by atoms with Crippen LogP contribution in [0.25, 0.3) is 5.95 Å². The van der Waals surface area contributed by atoms with Gasteiger partial charge in [-0.1, -0.05) is 0 Å². The van der Waals surface area contributed by atoms with E-state index in [0.29, 0.717) is 0 Å². The van der Waals surface area contributed by atoms with Gasteiger partial charge < -0.3 is 0 Å². The van der Waals surface area contributed by atoms with Gasteiger partial charge in [0.2, 0.25) is 5.95 Å². The van der Waals surface area contributed by atoms with Gasteiger partial charge in [-0.2, -0.15) is 0 Å². The molecule has 0 radical (unpaired) electrons. The van der Waals surface area contributed by atoms with Crippen molar-refractivity contribution < 1.29 is 0 Å². The van der Waals surface area contributed by atoms with Gasteiger partial charge >= 0.3 is 0 Å². The molecule has 0 atom stereocenters. The van der Waals surface area contributed by atoms with Gasteiger partial charge in [-0.15, -0.1) is 0 Å². The van der Waals surface area contributed by atoms with Crippen LogP contribution in [0.2, 0.25) is 0 Å². The Labute approximate surface area is 77.1 Å². The van der Waals surface area contributed by atoms with Crippen molar-refractivity contribution in [2.45, 2.75) is 13.8 Å². The van der Waals surface area contributed by atoms with Gasteiger partial charge in [0, 0.05) is 24.8 Å². The molecule has 0 N–H and O–H groups in total. The number of aryl methyl sites for hydroxylation is 2. The number of hydrogen-bond donors (Lipinski definition) is 0. The second kappa shape index (κ2) is 3.01. The Morgan fingerprint density at radius 2 is 1.77 bits per heavy atom. The SMILES string of the molecule is Cc1cnc(-n2ccc(C)c2)nc1. The lowest BCUT2D eigenvalue weighted by Gasteiger charge is -1.99. The topological polar surface area (TPSA) is 30.7 Å². The van der Waals surface area contributed by atoms with Crippen LogP contribution in [0.15, 0.2) is 30.9 Å². The molecule has 0 aromatic carbocycles. The molecule has 0 fully saturated rings. The lowest BCUT2D eigenvalue weighted by Crippen LogP contribution is -1.97. The van der Waals surface area contributed by atoms with E-state index in [-0.39, 0.29) is 0 Å². The Bertz CT molecular complexity index is 400. The molecule has 0 spiro atoms. The van der Waals surface area contributed by atoms with Crippen molar-refractivity contribution >= 4 is 0 Å². The quantitative estimate of drug-likeness (QED) is 0.659. The zero-order chi connectivity index (χ0) is 9.26. The standard InChI is InChI=1S/C10H11N3/c1-8-3-4-13(7-8)10-11-5-9(2)6-12-10/h3-7H,1-2H3. The molecule has 13 heavy (non-hydrogen) atoms. The largest absolute Gasteiger partial charge is 0.293 e. The minimum Gasteiger partial charge on any atom is -0.293 e. The number of nitrogens with zero attached hydrogens (tertiary/aromatic N) is 3. The van der Waals surface area contributed by atoms with Gasteiger partial charge in [0.1, 0.15) is 0 Å². The van der Waals surface area contributed by atoms with E-state index in [4.69, 9.17) is 0 Å². The summed E-state index contributed by atoms with van der Waals surface area (Å²) in [5, 5.41) is 0. The summed E-state index contributed by atoms with van der Waals surface area (Å²) in [7, 11) is 0. The maximum Gasteiger partial charge on any atom is 0.233 e. The average molecular weight is 173 g/mol. The Hall–Kier alpha value is -1.64. The Kier molecular flexibility index (Phi) is 1.85. The number of rotatable bonds is 1. The minimum atomic E-state index is 0.721. The third kappa shape index (κ3) is 1.59. The van der Waals surface area contributed by atoms with E-state index >= 15 is 0 Å². The molecule has 2 heterocycles. The maximum atomic E-state index is 4.21. The van der Waals surface area contributed by atoms with Crippen LogP contribution in [0.5, 0.6) is 0 Å². The molecular formula is C10H11N3. The van der Waals surface area contributed by atoms with Crippen LogP contribution in [0.1, 0.15) is 11.1 Å². The highest BCUT2D eigenvalue weighted by molar-refractivity contribution is 5.19. The summed E-state index contributed by atoms with van der Waals surface area (Å²) < 4.78 is 1.91. The van der Waals surface area contributed by atoms with Gasteiger partial charge in [0.15, 0.2) is 0 Å². The zero-order valence-electron chi connectivity index (χ0n) is 7.73. The summed E-state index contributed by atoms with van der Waals surface area (Å²) in [5.74, 6) is 0.721. The predicted octanol–water partition coefficient (Wildman–Crippen LogP) is 1.88. The first-order valence-electron chi connectivity index (χ1n) is 4.19. The maximum absolute atomic E-state index is 4.21. The van der Waals surface area contributed by atoms with Crippen molar-refractivity contribution in [1.82, 2.24) is 14.5 Å². The molecule has 2 aromatic heterocycles. The first-order valence-corrected chi connectivity index (χ1v) is 4.19. The molecule has 3 heteroatoms. The fraction of sp³-hybridized carbons (Fsp3) is 0.200. The molecule has 2 rings (SSSR count). The molecule has 0 saturated heterocycles. The fourth-order valence-corrected chi connectivity index (χ4v) is 1.15. The Balaban J connectivity index is 2.41. The molecule has 3 nitrogen and oxygen atoms in total. The number of hydrogen-bond acceptors (Lipinski definition) is 2. The summed E-state index contributed by atoms with van der Waals surface area (Å²) >= 11 is 0. The molecule has 66 valence electrons. The van der Waals surface area contributed by atoms with Crippen LogP contribution in [-0.4, -0.2) is 14.5 Å². The lowest BCUT2D eigenvalue weighted by molar-refractivity contribution is 0.925. The molecule has 0 aliphatic rings. The molecule has 0 saturated carbocycles. The Morgan fingerprint density at radius 1 is 1.08 bits per heavy atom. The van der Waals surface area contributed by atoms with E-state index in [9.17, 15) is 0 Å². The van der Waals surface area contributed by atoms with Gasteiger partial charge in [0.05, 0.1) is 0 Å². The van der Waals surface area contributed by atoms with E-state index in [1.54, 1.807) is 0 Å². The summed E-state index contributed by atoms with van der Waals surface area (Å²) in [6.45, 7) is 4.02. The van der Waals surface area contributed by atoms with Crippen molar-refractivity contribution in [3.8, 4) is 5.95 Å². The predicted molar refractivity (Wildman–Crippen MR) is 50.8 cm³/mol. The van der Waals surface area contributed by atoms with E-state index < -0.39 is 0 Å². The first-order chi connectivity index (χ1) is 6.25. The van der Waals surface area contributed by atoms with E-state index in [2.05, 4.69) is 9.97 Å². The van der Waals surface area contributed by atoms with Crippen LogP contribution in [-0.2, 0) is 0 Å². The summed E-state index contributed by atoms with van der Waals surface area (Å²) in [6.07, 6.45) is 7.60. The molecule has 2 aromatic rings.